The van der Waals surface area contributed by atoms with Gasteiger partial charge in [-0.2, -0.15) is 0 Å². The number of hydrogen-bond donors (Lipinski definition) is 1. The highest BCUT2D eigenvalue weighted by Crippen LogP contribution is 2.27. The molecule has 8 heteroatoms. The Morgan fingerprint density at radius 2 is 1.69 bits per heavy atom. The van der Waals surface area contributed by atoms with Gasteiger partial charge in [0.05, 0.1) is 5.56 Å². The molecule has 0 radical (unpaired) electrons. The van der Waals surface area contributed by atoms with Crippen molar-refractivity contribution in [3.05, 3.63) is 56.5 Å². The first-order valence-electron chi connectivity index (χ1n) is 7.87. The summed E-state index contributed by atoms with van der Waals surface area (Å²) in [5, 5.41) is 3.50. The van der Waals surface area contributed by atoms with E-state index in [1.807, 2.05) is 13.8 Å². The van der Waals surface area contributed by atoms with Gasteiger partial charge in [0.1, 0.15) is 5.75 Å². The van der Waals surface area contributed by atoms with Crippen LogP contribution < -0.4 is 10.1 Å². The summed E-state index contributed by atoms with van der Waals surface area (Å²) in [6.07, 6.45) is -0.517. The monoisotopic (exact) mass is 458 g/mol. The molecule has 2 aromatic carbocycles. The van der Waals surface area contributed by atoms with Crippen molar-refractivity contribution in [2.75, 3.05) is 18.4 Å². The first-order chi connectivity index (χ1) is 12.3. The Labute approximate surface area is 170 Å². The van der Waals surface area contributed by atoms with Crippen molar-refractivity contribution in [2.24, 2.45) is 0 Å². The lowest BCUT2D eigenvalue weighted by Crippen LogP contribution is -2.33. The van der Waals surface area contributed by atoms with Gasteiger partial charge in [-0.1, -0.05) is 39.1 Å². The minimum atomic E-state index is -0.517. The van der Waals surface area contributed by atoms with E-state index in [0.29, 0.717) is 33.3 Å². The summed E-state index contributed by atoms with van der Waals surface area (Å²) in [4.78, 5) is 26.4. The number of nitrogens with one attached hydrogen (secondary N) is 1. The molecule has 5 nitrogen and oxygen atoms in total. The molecule has 0 saturated carbocycles. The van der Waals surface area contributed by atoms with Crippen LogP contribution in [0.2, 0.25) is 10.0 Å². The van der Waals surface area contributed by atoms with E-state index in [1.54, 1.807) is 36.4 Å². The summed E-state index contributed by atoms with van der Waals surface area (Å²) in [5.74, 6) is -0.289. The third-order valence-corrected chi connectivity index (χ3v) is 4.46. The largest absolute Gasteiger partial charge is 0.415 e. The van der Waals surface area contributed by atoms with Crippen molar-refractivity contribution in [1.82, 2.24) is 4.90 Å². The number of rotatable bonds is 5. The normalized spacial score (nSPS) is 10.3. The van der Waals surface area contributed by atoms with Gasteiger partial charge in [0.2, 0.25) is 0 Å². The molecule has 0 saturated heterocycles. The second-order valence-electron chi connectivity index (χ2n) is 5.29. The number of anilines is 1. The molecule has 0 aliphatic rings. The molecule has 138 valence electrons. The first kappa shape index (κ1) is 20.6. The summed E-state index contributed by atoms with van der Waals surface area (Å²) in [6, 6.07) is 9.54. The molecule has 1 N–H and O–H groups in total. The third-order valence-electron chi connectivity index (χ3n) is 3.53. The average molecular weight is 460 g/mol. The molecular weight excluding hydrogens is 443 g/mol. The number of nitrogens with zero attached hydrogens (tertiary/aromatic N) is 1. The van der Waals surface area contributed by atoms with Gasteiger partial charge in [0.25, 0.3) is 5.91 Å². The zero-order valence-electron chi connectivity index (χ0n) is 14.2. The SMILES string of the molecule is CCN(CC)C(=O)Oc1ccc(Br)cc1C(=O)Nc1cc(Cl)cc(Cl)c1. The van der Waals surface area contributed by atoms with Crippen molar-refractivity contribution < 1.29 is 14.3 Å². The van der Waals surface area contributed by atoms with Crippen molar-refractivity contribution in [3.8, 4) is 5.75 Å². The lowest BCUT2D eigenvalue weighted by molar-refractivity contribution is 0.102. The molecule has 0 aromatic heterocycles. The molecule has 0 spiro atoms. The van der Waals surface area contributed by atoms with E-state index in [-0.39, 0.29) is 11.3 Å². The van der Waals surface area contributed by atoms with Crippen LogP contribution in [0.5, 0.6) is 5.75 Å². The van der Waals surface area contributed by atoms with Crippen molar-refractivity contribution in [3.63, 3.8) is 0 Å². The van der Waals surface area contributed by atoms with E-state index < -0.39 is 12.0 Å². The first-order valence-corrected chi connectivity index (χ1v) is 9.42. The summed E-state index contributed by atoms with van der Waals surface area (Å²) in [5.41, 5.74) is 0.643. The van der Waals surface area contributed by atoms with Gasteiger partial charge in [-0.25, -0.2) is 4.79 Å². The molecule has 2 amide bonds. The molecule has 0 heterocycles. The number of carbonyl (C=O) groups is 2. The number of halogens is 3. The molecule has 0 unspecified atom stereocenters. The van der Waals surface area contributed by atoms with Gasteiger partial charge in [0, 0.05) is 33.3 Å². The lowest BCUT2D eigenvalue weighted by Gasteiger charge is -2.19. The van der Waals surface area contributed by atoms with Crippen molar-refractivity contribution in [1.29, 1.82) is 0 Å². The van der Waals surface area contributed by atoms with E-state index in [2.05, 4.69) is 21.2 Å². The molecule has 0 atom stereocenters. The Morgan fingerprint density at radius 1 is 1.08 bits per heavy atom. The van der Waals surface area contributed by atoms with Crippen molar-refractivity contribution >= 4 is 56.8 Å². The van der Waals surface area contributed by atoms with Gasteiger partial charge in [-0.05, 0) is 50.2 Å². The van der Waals surface area contributed by atoms with Crippen LogP contribution in [-0.2, 0) is 0 Å². The Morgan fingerprint density at radius 3 is 2.27 bits per heavy atom. The zero-order chi connectivity index (χ0) is 19.3. The summed E-state index contributed by atoms with van der Waals surface area (Å²) in [6.45, 7) is 4.72. The van der Waals surface area contributed by atoms with Crippen LogP contribution in [0.4, 0.5) is 10.5 Å². The van der Waals surface area contributed by atoms with Crippen LogP contribution in [0, 0.1) is 0 Å². The Kier molecular flexibility index (Phi) is 7.32. The number of benzene rings is 2. The van der Waals surface area contributed by atoms with Crippen LogP contribution in [-0.4, -0.2) is 30.0 Å². The third kappa shape index (κ3) is 5.37. The van der Waals surface area contributed by atoms with Gasteiger partial charge < -0.3 is 15.0 Å². The maximum absolute atomic E-state index is 12.7. The Bertz CT molecular complexity index is 806. The molecular formula is C18H17BrCl2N2O3. The smallest absolute Gasteiger partial charge is 0.409 e. The predicted molar refractivity (Wildman–Crippen MR) is 108 cm³/mol. The zero-order valence-corrected chi connectivity index (χ0v) is 17.3. The van der Waals surface area contributed by atoms with Crippen LogP contribution in [0.25, 0.3) is 0 Å². The maximum atomic E-state index is 12.7. The standard InChI is InChI=1S/C18H17BrCl2N2O3/c1-3-23(4-2)18(25)26-16-6-5-11(19)7-15(16)17(24)22-14-9-12(20)8-13(21)10-14/h5-10H,3-4H2,1-2H3,(H,22,24). The molecule has 0 bridgehead atoms. The van der Waals surface area contributed by atoms with Crippen LogP contribution >= 0.6 is 39.1 Å². The fraction of sp³-hybridized carbons (Fsp3) is 0.222. The quantitative estimate of drug-likeness (QED) is 0.610. The van der Waals surface area contributed by atoms with Crippen molar-refractivity contribution in [2.45, 2.75) is 13.8 Å². The fourth-order valence-corrected chi connectivity index (χ4v) is 3.12. The van der Waals surface area contributed by atoms with Gasteiger partial charge >= 0.3 is 6.09 Å². The van der Waals surface area contributed by atoms with E-state index >= 15 is 0 Å². The minimum Gasteiger partial charge on any atom is -0.409 e. The van der Waals surface area contributed by atoms with Gasteiger partial charge in [0.15, 0.2) is 0 Å². The van der Waals surface area contributed by atoms with E-state index in [9.17, 15) is 9.59 Å². The Hall–Kier alpha value is -1.76. The van der Waals surface area contributed by atoms with Gasteiger partial charge in [-0.3, -0.25) is 4.79 Å². The average Bonchev–Trinajstić information content (AvgIpc) is 2.56. The second kappa shape index (κ2) is 9.26. The van der Waals surface area contributed by atoms with Crippen LogP contribution in [0.3, 0.4) is 0 Å². The number of carbonyl (C=O) groups excluding carboxylic acids is 2. The number of ether oxygens (including phenoxy) is 1. The van der Waals surface area contributed by atoms with Crippen LogP contribution in [0.1, 0.15) is 24.2 Å². The molecule has 0 fully saturated rings. The second-order valence-corrected chi connectivity index (χ2v) is 7.08. The maximum Gasteiger partial charge on any atom is 0.415 e. The topological polar surface area (TPSA) is 58.6 Å². The highest BCUT2D eigenvalue weighted by molar-refractivity contribution is 9.10. The van der Waals surface area contributed by atoms with E-state index in [0.717, 1.165) is 0 Å². The molecule has 0 aliphatic heterocycles. The van der Waals surface area contributed by atoms with Gasteiger partial charge in [-0.15, -0.1) is 0 Å². The molecule has 26 heavy (non-hydrogen) atoms. The predicted octanol–water partition coefficient (Wildman–Crippen LogP) is 5.85. The lowest BCUT2D eigenvalue weighted by atomic mass is 10.2. The molecule has 0 aliphatic carbocycles. The van der Waals surface area contributed by atoms with Crippen LogP contribution in [0.15, 0.2) is 40.9 Å². The molecule has 2 rings (SSSR count). The highest BCUT2D eigenvalue weighted by atomic mass is 79.9. The van der Waals surface area contributed by atoms with E-state index in [4.69, 9.17) is 27.9 Å². The highest BCUT2D eigenvalue weighted by Gasteiger charge is 2.19. The Balaban J connectivity index is 2.28. The summed E-state index contributed by atoms with van der Waals surface area (Å²) < 4.78 is 6.08. The summed E-state index contributed by atoms with van der Waals surface area (Å²) >= 11 is 15.2. The number of amides is 2. The van der Waals surface area contributed by atoms with E-state index in [1.165, 1.54) is 4.90 Å². The minimum absolute atomic E-state index is 0.163. The molecule has 2 aromatic rings. The number of hydrogen-bond acceptors (Lipinski definition) is 3. The fourth-order valence-electron chi connectivity index (χ4n) is 2.23. The summed E-state index contributed by atoms with van der Waals surface area (Å²) in [7, 11) is 0.